The molecule has 4 N–H and O–H groups in total. The van der Waals surface area contributed by atoms with Gasteiger partial charge in [-0.05, 0) is 43.4 Å². The molecule has 0 heterocycles. The van der Waals surface area contributed by atoms with Crippen LogP contribution < -0.4 is 10.5 Å². The maximum absolute atomic E-state index is 12.5. The van der Waals surface area contributed by atoms with Gasteiger partial charge in [0.15, 0.2) is 0 Å². The van der Waals surface area contributed by atoms with Crippen molar-refractivity contribution < 1.29 is 13.5 Å². The summed E-state index contributed by atoms with van der Waals surface area (Å²) in [5.74, 6) is -0.00168. The highest BCUT2D eigenvalue weighted by Crippen LogP contribution is 2.28. The average molecular weight is 300 g/mol. The number of sulfonamides is 1. The fourth-order valence-corrected chi connectivity index (χ4v) is 4.10. The molecule has 0 fully saturated rings. The lowest BCUT2D eigenvalue weighted by Gasteiger charge is -2.22. The van der Waals surface area contributed by atoms with Gasteiger partial charge in [0.2, 0.25) is 10.0 Å². The highest BCUT2D eigenvalue weighted by molar-refractivity contribution is 7.89. The van der Waals surface area contributed by atoms with E-state index in [1.807, 2.05) is 20.8 Å². The quantitative estimate of drug-likeness (QED) is 0.718. The van der Waals surface area contributed by atoms with Gasteiger partial charge in [-0.25, -0.2) is 13.1 Å². The zero-order valence-electron chi connectivity index (χ0n) is 12.7. The summed E-state index contributed by atoms with van der Waals surface area (Å²) in [6.07, 6.45) is 0. The van der Waals surface area contributed by atoms with Crippen LogP contribution in [-0.2, 0) is 10.0 Å². The third-order valence-electron chi connectivity index (χ3n) is 3.54. The predicted molar refractivity (Wildman–Crippen MR) is 81.1 cm³/mol. The zero-order valence-corrected chi connectivity index (χ0v) is 13.5. The third kappa shape index (κ3) is 3.31. The summed E-state index contributed by atoms with van der Waals surface area (Å²) in [5.41, 5.74) is 8.49. The predicted octanol–water partition coefficient (Wildman–Crippen LogP) is 1.49. The third-order valence-corrected chi connectivity index (χ3v) is 5.32. The van der Waals surface area contributed by atoms with E-state index in [0.29, 0.717) is 16.8 Å². The Labute approximate surface area is 121 Å². The summed E-state index contributed by atoms with van der Waals surface area (Å²) in [4.78, 5) is 0.208. The van der Waals surface area contributed by atoms with Gasteiger partial charge in [-0.2, -0.15) is 0 Å². The Morgan fingerprint density at radius 2 is 1.80 bits per heavy atom. The second-order valence-corrected chi connectivity index (χ2v) is 7.18. The van der Waals surface area contributed by atoms with Gasteiger partial charge >= 0.3 is 0 Å². The van der Waals surface area contributed by atoms with Crippen molar-refractivity contribution in [1.82, 2.24) is 4.72 Å². The molecule has 20 heavy (non-hydrogen) atoms. The van der Waals surface area contributed by atoms with E-state index in [4.69, 9.17) is 5.73 Å². The first-order chi connectivity index (χ1) is 9.11. The van der Waals surface area contributed by atoms with Crippen LogP contribution in [-0.4, -0.2) is 26.2 Å². The Morgan fingerprint density at radius 1 is 1.25 bits per heavy atom. The van der Waals surface area contributed by atoms with Crippen molar-refractivity contribution in [2.45, 2.75) is 45.6 Å². The Morgan fingerprint density at radius 3 is 2.25 bits per heavy atom. The molecule has 1 aromatic carbocycles. The van der Waals surface area contributed by atoms with Gasteiger partial charge in [-0.15, -0.1) is 0 Å². The summed E-state index contributed by atoms with van der Waals surface area (Å²) >= 11 is 0. The van der Waals surface area contributed by atoms with E-state index in [1.165, 1.54) is 0 Å². The van der Waals surface area contributed by atoms with E-state index in [2.05, 4.69) is 4.72 Å². The molecule has 0 aliphatic rings. The van der Waals surface area contributed by atoms with E-state index in [1.54, 1.807) is 19.9 Å². The van der Waals surface area contributed by atoms with E-state index in [0.717, 1.165) is 5.56 Å². The van der Waals surface area contributed by atoms with Crippen LogP contribution in [0.4, 0.5) is 5.69 Å². The van der Waals surface area contributed by atoms with Gasteiger partial charge in [-0.3, -0.25) is 0 Å². The standard InChI is InChI=1S/C14H24N2O3S/c1-8(2)12(7-17)16-20(18,19)14-10(4)6-9(3)13(15)11(14)5/h6,8,12,16-17H,7,15H2,1-5H3/t12-/m1/s1. The molecule has 0 radical (unpaired) electrons. The van der Waals surface area contributed by atoms with E-state index in [-0.39, 0.29) is 17.4 Å². The molecule has 0 saturated heterocycles. The van der Waals surface area contributed by atoms with Gasteiger partial charge in [-0.1, -0.05) is 19.9 Å². The van der Waals surface area contributed by atoms with E-state index in [9.17, 15) is 13.5 Å². The molecular weight excluding hydrogens is 276 g/mol. The fourth-order valence-electron chi connectivity index (χ4n) is 2.24. The Balaban J connectivity index is 3.33. The van der Waals surface area contributed by atoms with Gasteiger partial charge in [0.05, 0.1) is 11.5 Å². The summed E-state index contributed by atoms with van der Waals surface area (Å²) < 4.78 is 27.6. The fraction of sp³-hybridized carbons (Fsp3) is 0.571. The molecule has 0 aliphatic heterocycles. The lowest BCUT2D eigenvalue weighted by molar-refractivity contribution is 0.227. The molecular formula is C14H24N2O3S. The van der Waals surface area contributed by atoms with E-state index >= 15 is 0 Å². The number of hydrogen-bond acceptors (Lipinski definition) is 4. The first kappa shape index (κ1) is 16.9. The number of nitrogens with one attached hydrogen (secondary N) is 1. The molecule has 0 aromatic heterocycles. The molecule has 0 bridgehead atoms. The molecule has 0 amide bonds. The summed E-state index contributed by atoms with van der Waals surface area (Å²) in [6.45, 7) is 8.77. The normalized spacial score (nSPS) is 13.8. The number of aliphatic hydroxyl groups is 1. The van der Waals surface area contributed by atoms with Gasteiger partial charge in [0, 0.05) is 11.7 Å². The maximum atomic E-state index is 12.5. The molecule has 1 atom stereocenters. The second-order valence-electron chi connectivity index (χ2n) is 5.53. The van der Waals surface area contributed by atoms with Crippen molar-refractivity contribution in [3.05, 3.63) is 22.8 Å². The first-order valence-electron chi connectivity index (χ1n) is 6.61. The van der Waals surface area contributed by atoms with Crippen molar-refractivity contribution in [1.29, 1.82) is 0 Å². The van der Waals surface area contributed by atoms with Crippen molar-refractivity contribution in [2.24, 2.45) is 5.92 Å². The minimum absolute atomic E-state index is 0.00168. The van der Waals surface area contributed by atoms with Crippen LogP contribution in [0.3, 0.4) is 0 Å². The minimum Gasteiger partial charge on any atom is -0.398 e. The van der Waals surface area contributed by atoms with Gasteiger partial charge in [0.25, 0.3) is 0 Å². The van der Waals surface area contributed by atoms with Crippen LogP contribution in [0.1, 0.15) is 30.5 Å². The van der Waals surface area contributed by atoms with Crippen LogP contribution in [0.25, 0.3) is 0 Å². The number of nitrogen functional groups attached to an aromatic ring is 1. The SMILES string of the molecule is Cc1cc(C)c(S(=O)(=O)N[C@H](CO)C(C)C)c(C)c1N. The van der Waals surface area contributed by atoms with E-state index < -0.39 is 16.1 Å². The smallest absolute Gasteiger partial charge is 0.241 e. The van der Waals surface area contributed by atoms with Crippen molar-refractivity contribution in [3.63, 3.8) is 0 Å². The van der Waals surface area contributed by atoms with Crippen LogP contribution >= 0.6 is 0 Å². The van der Waals surface area contributed by atoms with Gasteiger partial charge < -0.3 is 10.8 Å². The summed E-state index contributed by atoms with van der Waals surface area (Å²) in [7, 11) is -3.71. The Kier molecular flexibility index (Phi) is 5.18. The molecule has 0 aliphatic carbocycles. The largest absolute Gasteiger partial charge is 0.398 e. The molecule has 1 rings (SSSR count). The molecule has 6 heteroatoms. The number of aryl methyl sites for hydroxylation is 2. The highest BCUT2D eigenvalue weighted by atomic mass is 32.2. The lowest BCUT2D eigenvalue weighted by atomic mass is 10.1. The van der Waals surface area contributed by atoms with Crippen molar-refractivity contribution in [3.8, 4) is 0 Å². The average Bonchev–Trinajstić information content (AvgIpc) is 2.32. The minimum atomic E-state index is -3.71. The summed E-state index contributed by atoms with van der Waals surface area (Å²) in [5, 5.41) is 9.29. The second kappa shape index (κ2) is 6.11. The Hall–Kier alpha value is -1.11. The maximum Gasteiger partial charge on any atom is 0.241 e. The molecule has 5 nitrogen and oxygen atoms in total. The monoisotopic (exact) mass is 300 g/mol. The van der Waals surface area contributed by atoms with Crippen LogP contribution in [0.5, 0.6) is 0 Å². The number of hydrogen-bond donors (Lipinski definition) is 3. The van der Waals surface area contributed by atoms with Gasteiger partial charge in [0.1, 0.15) is 0 Å². The number of nitrogens with two attached hydrogens (primary N) is 1. The lowest BCUT2D eigenvalue weighted by Crippen LogP contribution is -2.41. The van der Waals surface area contributed by atoms with Crippen LogP contribution in [0, 0.1) is 26.7 Å². The Bertz CT molecular complexity index is 595. The summed E-state index contributed by atoms with van der Waals surface area (Å²) in [6, 6.07) is 1.25. The number of aliphatic hydroxyl groups excluding tert-OH is 1. The molecule has 0 unspecified atom stereocenters. The zero-order chi connectivity index (χ0) is 15.7. The number of benzene rings is 1. The van der Waals surface area contributed by atoms with Crippen molar-refractivity contribution >= 4 is 15.7 Å². The van der Waals surface area contributed by atoms with Crippen molar-refractivity contribution in [2.75, 3.05) is 12.3 Å². The van der Waals surface area contributed by atoms with Crippen LogP contribution in [0.15, 0.2) is 11.0 Å². The molecule has 114 valence electrons. The highest BCUT2D eigenvalue weighted by Gasteiger charge is 2.26. The first-order valence-corrected chi connectivity index (χ1v) is 8.09. The molecule has 1 aromatic rings. The van der Waals surface area contributed by atoms with Crippen LogP contribution in [0.2, 0.25) is 0 Å². The number of anilines is 1. The topological polar surface area (TPSA) is 92.4 Å². The molecule has 0 saturated carbocycles. The number of rotatable bonds is 5. The molecule has 0 spiro atoms.